The SMILES string of the molecule is COC(=O)c1c(O)c(-c2ccc(Cl)cc2)n2c1C(=O)NCC2. The van der Waals surface area contributed by atoms with E-state index in [-0.39, 0.29) is 17.0 Å². The summed E-state index contributed by atoms with van der Waals surface area (Å²) < 4.78 is 6.32. The van der Waals surface area contributed by atoms with Gasteiger partial charge in [0.1, 0.15) is 11.3 Å². The molecule has 1 aromatic heterocycles. The average molecular weight is 321 g/mol. The van der Waals surface area contributed by atoms with E-state index in [9.17, 15) is 14.7 Å². The minimum Gasteiger partial charge on any atom is -0.505 e. The van der Waals surface area contributed by atoms with Crippen molar-refractivity contribution in [2.45, 2.75) is 6.54 Å². The first kappa shape index (κ1) is 14.5. The van der Waals surface area contributed by atoms with Crippen LogP contribution >= 0.6 is 11.6 Å². The highest BCUT2D eigenvalue weighted by Crippen LogP contribution is 2.39. The third-order valence-electron chi connectivity index (χ3n) is 3.58. The summed E-state index contributed by atoms with van der Waals surface area (Å²) in [5.41, 5.74) is 1.06. The normalized spacial score (nSPS) is 13.5. The lowest BCUT2D eigenvalue weighted by Crippen LogP contribution is -2.36. The molecule has 0 spiro atoms. The van der Waals surface area contributed by atoms with E-state index in [0.29, 0.717) is 29.4 Å². The zero-order chi connectivity index (χ0) is 15.9. The van der Waals surface area contributed by atoms with E-state index in [2.05, 4.69) is 10.1 Å². The molecule has 2 N–H and O–H groups in total. The second kappa shape index (κ2) is 5.38. The minimum atomic E-state index is -0.751. The number of ether oxygens (including phenoxy) is 1. The number of hydrogen-bond donors (Lipinski definition) is 2. The molecule has 0 atom stereocenters. The first-order valence-corrected chi connectivity index (χ1v) is 7.00. The monoisotopic (exact) mass is 320 g/mol. The molecule has 0 saturated carbocycles. The van der Waals surface area contributed by atoms with Crippen molar-refractivity contribution in [3.05, 3.63) is 40.5 Å². The van der Waals surface area contributed by atoms with Crippen LogP contribution in [0.1, 0.15) is 20.8 Å². The van der Waals surface area contributed by atoms with Gasteiger partial charge in [-0.1, -0.05) is 23.7 Å². The number of hydrogen-bond acceptors (Lipinski definition) is 4. The molecule has 1 aromatic carbocycles. The quantitative estimate of drug-likeness (QED) is 0.830. The Morgan fingerprint density at radius 1 is 1.32 bits per heavy atom. The van der Waals surface area contributed by atoms with Gasteiger partial charge in [-0.25, -0.2) is 4.79 Å². The molecule has 2 heterocycles. The van der Waals surface area contributed by atoms with Gasteiger partial charge in [-0.05, 0) is 12.1 Å². The number of benzene rings is 1. The van der Waals surface area contributed by atoms with Crippen molar-refractivity contribution in [1.82, 2.24) is 9.88 Å². The molecule has 3 rings (SSSR count). The number of aromatic nitrogens is 1. The van der Waals surface area contributed by atoms with Gasteiger partial charge in [-0.15, -0.1) is 0 Å². The summed E-state index contributed by atoms with van der Waals surface area (Å²) in [6.45, 7) is 0.866. The zero-order valence-corrected chi connectivity index (χ0v) is 12.5. The molecule has 0 aliphatic carbocycles. The molecule has 22 heavy (non-hydrogen) atoms. The number of halogens is 1. The Morgan fingerprint density at radius 3 is 2.64 bits per heavy atom. The lowest BCUT2D eigenvalue weighted by molar-refractivity contribution is 0.0592. The summed E-state index contributed by atoms with van der Waals surface area (Å²) in [5, 5.41) is 13.7. The van der Waals surface area contributed by atoms with Gasteiger partial charge >= 0.3 is 5.97 Å². The van der Waals surface area contributed by atoms with Crippen LogP contribution in [0, 0.1) is 0 Å². The van der Waals surface area contributed by atoms with E-state index in [1.54, 1.807) is 28.8 Å². The molecule has 7 heteroatoms. The van der Waals surface area contributed by atoms with E-state index in [0.717, 1.165) is 0 Å². The lowest BCUT2D eigenvalue weighted by atomic mass is 10.1. The second-order valence-electron chi connectivity index (χ2n) is 4.83. The van der Waals surface area contributed by atoms with Gasteiger partial charge in [0, 0.05) is 23.7 Å². The number of rotatable bonds is 2. The van der Waals surface area contributed by atoms with E-state index in [4.69, 9.17) is 11.6 Å². The molecule has 1 aliphatic heterocycles. The highest BCUT2D eigenvalue weighted by atomic mass is 35.5. The number of nitrogens with zero attached hydrogens (tertiary/aromatic N) is 1. The van der Waals surface area contributed by atoms with Gasteiger partial charge < -0.3 is 19.7 Å². The van der Waals surface area contributed by atoms with Gasteiger partial charge in [-0.3, -0.25) is 4.79 Å². The Labute approximate surface area is 131 Å². The number of fused-ring (bicyclic) bond motifs is 1. The van der Waals surface area contributed by atoms with Crippen LogP contribution in [0.5, 0.6) is 5.75 Å². The molecule has 1 amide bonds. The summed E-state index contributed by atoms with van der Waals surface area (Å²) in [5.74, 6) is -1.43. The number of carbonyl (C=O) groups is 2. The summed E-state index contributed by atoms with van der Waals surface area (Å²) in [6, 6.07) is 6.80. The fourth-order valence-electron chi connectivity index (χ4n) is 2.63. The van der Waals surface area contributed by atoms with Crippen molar-refractivity contribution in [1.29, 1.82) is 0 Å². The molecular formula is C15H13ClN2O4. The summed E-state index contributed by atoms with van der Waals surface area (Å²) in [4.78, 5) is 24.1. The molecule has 0 bridgehead atoms. The van der Waals surface area contributed by atoms with Crippen LogP contribution in [-0.2, 0) is 11.3 Å². The van der Waals surface area contributed by atoms with Gasteiger partial charge in [0.05, 0.1) is 12.8 Å². The van der Waals surface area contributed by atoms with Crippen LogP contribution in [0.15, 0.2) is 24.3 Å². The van der Waals surface area contributed by atoms with Crippen molar-refractivity contribution < 1.29 is 19.4 Å². The predicted octanol–water partition coefficient (Wildman–Crippen LogP) is 2.04. The molecule has 2 aromatic rings. The van der Waals surface area contributed by atoms with Crippen molar-refractivity contribution in [2.24, 2.45) is 0 Å². The van der Waals surface area contributed by atoms with E-state index >= 15 is 0 Å². The maximum absolute atomic E-state index is 12.1. The number of nitrogens with one attached hydrogen (secondary N) is 1. The van der Waals surface area contributed by atoms with Crippen LogP contribution in [0.4, 0.5) is 0 Å². The van der Waals surface area contributed by atoms with E-state index < -0.39 is 11.9 Å². The highest BCUT2D eigenvalue weighted by Gasteiger charge is 2.34. The van der Waals surface area contributed by atoms with Crippen molar-refractivity contribution in [2.75, 3.05) is 13.7 Å². The van der Waals surface area contributed by atoms with Gasteiger partial charge in [0.15, 0.2) is 5.75 Å². The maximum Gasteiger partial charge on any atom is 0.344 e. The van der Waals surface area contributed by atoms with Gasteiger partial charge in [-0.2, -0.15) is 0 Å². The van der Waals surface area contributed by atoms with E-state index in [1.807, 2.05) is 0 Å². The smallest absolute Gasteiger partial charge is 0.344 e. The number of carbonyl (C=O) groups excluding carboxylic acids is 2. The van der Waals surface area contributed by atoms with Gasteiger partial charge in [0.25, 0.3) is 5.91 Å². The fourth-order valence-corrected chi connectivity index (χ4v) is 2.75. The van der Waals surface area contributed by atoms with Gasteiger partial charge in [0.2, 0.25) is 0 Å². The van der Waals surface area contributed by atoms with Crippen LogP contribution in [0.3, 0.4) is 0 Å². The largest absolute Gasteiger partial charge is 0.505 e. The zero-order valence-electron chi connectivity index (χ0n) is 11.7. The number of aromatic hydroxyl groups is 1. The van der Waals surface area contributed by atoms with Crippen molar-refractivity contribution >= 4 is 23.5 Å². The first-order valence-electron chi connectivity index (χ1n) is 6.62. The Hall–Kier alpha value is -2.47. The summed E-state index contributed by atoms with van der Waals surface area (Å²) >= 11 is 5.88. The molecule has 6 nitrogen and oxygen atoms in total. The number of amides is 1. The third-order valence-corrected chi connectivity index (χ3v) is 3.83. The topological polar surface area (TPSA) is 80.6 Å². The first-order chi connectivity index (χ1) is 10.5. The van der Waals surface area contributed by atoms with Crippen LogP contribution in [-0.4, -0.2) is 35.2 Å². The third kappa shape index (κ3) is 2.12. The highest BCUT2D eigenvalue weighted by molar-refractivity contribution is 6.30. The molecule has 0 unspecified atom stereocenters. The molecule has 114 valence electrons. The fraction of sp³-hybridized carbons (Fsp3) is 0.200. The van der Waals surface area contributed by atoms with Crippen molar-refractivity contribution in [3.63, 3.8) is 0 Å². The van der Waals surface area contributed by atoms with E-state index in [1.165, 1.54) is 7.11 Å². The summed E-state index contributed by atoms with van der Waals surface area (Å²) in [6.07, 6.45) is 0. The van der Waals surface area contributed by atoms with Crippen molar-refractivity contribution in [3.8, 4) is 17.0 Å². The Kier molecular flexibility index (Phi) is 3.54. The summed E-state index contributed by atoms with van der Waals surface area (Å²) in [7, 11) is 1.20. The Balaban J connectivity index is 2.29. The maximum atomic E-state index is 12.1. The second-order valence-corrected chi connectivity index (χ2v) is 5.26. The standard InChI is InChI=1S/C15H13ClN2O4/c1-22-15(21)10-12-14(20)17-6-7-18(12)11(13(10)19)8-2-4-9(16)5-3-8/h2-5,19H,6-7H2,1H3,(H,17,20). The molecular weight excluding hydrogens is 308 g/mol. The lowest BCUT2D eigenvalue weighted by Gasteiger charge is -2.18. The van der Waals surface area contributed by atoms with Crippen LogP contribution in [0.2, 0.25) is 5.02 Å². The van der Waals surface area contributed by atoms with Crippen LogP contribution in [0.25, 0.3) is 11.3 Å². The minimum absolute atomic E-state index is 0.112. The molecule has 0 saturated heterocycles. The molecule has 1 aliphatic rings. The Morgan fingerprint density at radius 2 is 2.00 bits per heavy atom. The average Bonchev–Trinajstić information content (AvgIpc) is 2.81. The predicted molar refractivity (Wildman–Crippen MR) is 80.2 cm³/mol. The number of methoxy groups -OCH3 is 1. The Bertz CT molecular complexity index is 765. The molecule has 0 fully saturated rings. The molecule has 0 radical (unpaired) electrons. The van der Waals surface area contributed by atoms with Crippen LogP contribution < -0.4 is 5.32 Å². The number of esters is 1.